The normalized spacial score (nSPS) is 24.0. The average Bonchev–Trinajstić information content (AvgIpc) is 3.99. The van der Waals surface area contributed by atoms with Gasteiger partial charge in [0, 0.05) is 68.2 Å². The predicted octanol–water partition coefficient (Wildman–Crippen LogP) is 5.52. The Hall–Kier alpha value is -5.76. The number of benzene rings is 2. The molecule has 6 heterocycles. The van der Waals surface area contributed by atoms with Crippen LogP contribution in [0.2, 0.25) is 0 Å². The van der Waals surface area contributed by atoms with Crippen molar-refractivity contribution in [2.45, 2.75) is 31.2 Å². The predicted molar refractivity (Wildman–Crippen MR) is 182 cm³/mol. The lowest BCUT2D eigenvalue weighted by Gasteiger charge is -2.42. The van der Waals surface area contributed by atoms with Gasteiger partial charge in [-0.1, -0.05) is 60.7 Å². The van der Waals surface area contributed by atoms with E-state index in [1.807, 2.05) is 109 Å². The van der Waals surface area contributed by atoms with Gasteiger partial charge in [0.05, 0.1) is 11.5 Å². The molecule has 2 atom stereocenters. The number of carbonyl (C=O) groups excluding carboxylic acids is 2. The van der Waals surface area contributed by atoms with E-state index in [1.54, 1.807) is 0 Å². The van der Waals surface area contributed by atoms with Crippen LogP contribution in [0.5, 0.6) is 0 Å². The standard InChI is InChI=1S/C40H34N4O6/c45-36(30-19-21-41(27-30)38(47)48)43(31-11-12-32(43)14-13-31)23-24-44(33-15-16-34(44)18-17-33)37(46)35-20-22-42(39(49)50)40(35,25-28-7-3-1-4-8-28)26-29-9-5-2-6-10-29/h1-18,30,35H,19-22,25-27H2/p+2. The van der Waals surface area contributed by atoms with E-state index >= 15 is 4.79 Å². The monoisotopic (exact) mass is 668 g/mol. The molecule has 2 aromatic carbocycles. The van der Waals surface area contributed by atoms with Gasteiger partial charge in [-0.05, 0) is 36.8 Å². The highest BCUT2D eigenvalue weighted by atomic mass is 16.4. The maximum atomic E-state index is 15.5. The van der Waals surface area contributed by atoms with Gasteiger partial charge >= 0.3 is 24.0 Å². The Bertz CT molecular complexity index is 1990. The van der Waals surface area contributed by atoms with Crippen LogP contribution >= 0.6 is 0 Å². The fraction of sp³-hybridized carbons (Fsp3) is 0.250. The van der Waals surface area contributed by atoms with Crippen molar-refractivity contribution in [2.24, 2.45) is 11.8 Å². The molecule has 2 unspecified atom stereocenters. The van der Waals surface area contributed by atoms with Crippen LogP contribution in [0, 0.1) is 23.9 Å². The van der Waals surface area contributed by atoms with Crippen molar-refractivity contribution in [3.05, 3.63) is 143 Å². The van der Waals surface area contributed by atoms with Gasteiger partial charge in [0.1, 0.15) is 5.92 Å². The minimum atomic E-state index is -1.12. The summed E-state index contributed by atoms with van der Waals surface area (Å²) in [4.78, 5) is 57.5. The summed E-state index contributed by atoms with van der Waals surface area (Å²) in [6.45, 7) is 0.537. The lowest BCUT2D eigenvalue weighted by molar-refractivity contribution is -0.713. The van der Waals surface area contributed by atoms with Crippen LogP contribution in [0.25, 0.3) is 0 Å². The second kappa shape index (κ2) is 11.7. The van der Waals surface area contributed by atoms with Crippen molar-refractivity contribution >= 4 is 24.0 Å². The zero-order chi connectivity index (χ0) is 34.7. The van der Waals surface area contributed by atoms with E-state index in [2.05, 4.69) is 12.1 Å². The molecule has 10 heteroatoms. The molecule has 4 bridgehead atoms. The zero-order valence-corrected chi connectivity index (χ0v) is 27.3. The Morgan fingerprint density at radius 2 is 1.14 bits per heavy atom. The van der Waals surface area contributed by atoms with E-state index in [-0.39, 0.29) is 31.4 Å². The first-order valence-electron chi connectivity index (χ1n) is 16.9. The number of rotatable bonds is 6. The van der Waals surface area contributed by atoms with E-state index in [4.69, 9.17) is 0 Å². The van der Waals surface area contributed by atoms with Gasteiger partial charge in [-0.15, -0.1) is 8.97 Å². The van der Waals surface area contributed by atoms with Gasteiger partial charge in [-0.3, -0.25) is 0 Å². The van der Waals surface area contributed by atoms with Gasteiger partial charge in [-0.2, -0.15) is 0 Å². The number of likely N-dealkylation sites (tertiary alicyclic amines) is 2. The van der Waals surface area contributed by atoms with Gasteiger partial charge in [0.25, 0.3) is 0 Å². The van der Waals surface area contributed by atoms with Crippen molar-refractivity contribution in [1.29, 1.82) is 0 Å². The number of nitrogens with zero attached hydrogens (tertiary/aromatic N) is 4. The number of amides is 4. The number of fused-ring (bicyclic) bond motifs is 4. The molecule has 2 aromatic rings. The molecule has 250 valence electrons. The third-order valence-corrected chi connectivity index (χ3v) is 11.2. The third-order valence-electron chi connectivity index (χ3n) is 11.2. The second-order valence-electron chi connectivity index (χ2n) is 13.7. The smallest absolute Gasteiger partial charge is 0.407 e. The number of hydrogen-bond donors (Lipinski definition) is 2. The van der Waals surface area contributed by atoms with E-state index in [9.17, 15) is 24.6 Å². The van der Waals surface area contributed by atoms with E-state index < -0.39 is 38.5 Å². The highest BCUT2D eigenvalue weighted by Crippen LogP contribution is 2.49. The van der Waals surface area contributed by atoms with Gasteiger partial charge in [0.2, 0.25) is 12.1 Å². The molecule has 2 N–H and O–H groups in total. The molecule has 0 radical (unpaired) electrons. The zero-order valence-electron chi connectivity index (χ0n) is 27.3. The van der Waals surface area contributed by atoms with Crippen LogP contribution in [0.15, 0.2) is 132 Å². The SMILES string of the molecule is O=C(O)N1CCC(C(=O)[N+]2(C#C[N+]3(C(=O)C4CCN(C(=O)O)C4(Cc4ccccc4)Cc4ccccc4)C4=CC=C3C=C4)C3=CC=C2C=C3)C1. The van der Waals surface area contributed by atoms with E-state index in [1.165, 1.54) is 9.80 Å². The lowest BCUT2D eigenvalue weighted by Crippen LogP contribution is -2.59. The maximum Gasteiger partial charge on any atom is 0.407 e. The van der Waals surface area contributed by atoms with Gasteiger partial charge in [-0.25, -0.2) is 19.2 Å². The van der Waals surface area contributed by atoms with Crippen molar-refractivity contribution in [1.82, 2.24) is 9.80 Å². The van der Waals surface area contributed by atoms with Crippen molar-refractivity contribution in [2.75, 3.05) is 19.6 Å². The summed E-state index contributed by atoms with van der Waals surface area (Å²) in [5.74, 6) is -1.77. The molecule has 4 amide bonds. The largest absolute Gasteiger partial charge is 0.465 e. The fourth-order valence-corrected chi connectivity index (χ4v) is 8.74. The Labute approximate surface area is 289 Å². The molecule has 0 aliphatic carbocycles. The topological polar surface area (TPSA) is 115 Å². The molecule has 50 heavy (non-hydrogen) atoms. The van der Waals surface area contributed by atoms with Crippen LogP contribution in [-0.2, 0) is 22.4 Å². The molecular formula is C40H36N4O6+2. The van der Waals surface area contributed by atoms with Crippen molar-refractivity contribution in [3.63, 3.8) is 0 Å². The van der Waals surface area contributed by atoms with Crippen molar-refractivity contribution in [3.8, 4) is 12.1 Å². The summed E-state index contributed by atoms with van der Waals surface area (Å²) in [7, 11) is 0. The number of allylic oxidation sites excluding steroid dienone is 8. The molecule has 2 saturated heterocycles. The first kappa shape index (κ1) is 31.5. The molecular weight excluding hydrogens is 632 g/mol. The van der Waals surface area contributed by atoms with Gasteiger partial charge < -0.3 is 20.0 Å². The minimum absolute atomic E-state index is 0.0851. The van der Waals surface area contributed by atoms with Crippen LogP contribution in [0.3, 0.4) is 0 Å². The molecule has 2 fully saturated rings. The summed E-state index contributed by atoms with van der Waals surface area (Å²) in [6.07, 6.45) is 14.1. The molecule has 6 aliphatic rings. The highest BCUT2D eigenvalue weighted by Gasteiger charge is 2.63. The summed E-state index contributed by atoms with van der Waals surface area (Å²) < 4.78 is -0.847. The third kappa shape index (κ3) is 4.58. The molecule has 0 aromatic heterocycles. The molecule has 6 aliphatic heterocycles. The summed E-state index contributed by atoms with van der Waals surface area (Å²) in [5, 5.41) is 20.3. The Balaban J connectivity index is 1.25. The number of carbonyl (C=O) groups is 4. The van der Waals surface area contributed by atoms with Crippen LogP contribution in [-0.4, -0.2) is 78.2 Å². The summed E-state index contributed by atoms with van der Waals surface area (Å²) in [6, 6.07) is 26.0. The van der Waals surface area contributed by atoms with E-state index in [0.717, 1.165) is 11.1 Å². The first-order chi connectivity index (χ1) is 24.2. The number of carboxylic acid groups (broad SMARTS) is 2. The summed E-state index contributed by atoms with van der Waals surface area (Å²) >= 11 is 0. The van der Waals surface area contributed by atoms with Gasteiger partial charge in [0.15, 0.2) is 22.8 Å². The van der Waals surface area contributed by atoms with Crippen LogP contribution in [0.4, 0.5) is 9.59 Å². The first-order valence-corrected chi connectivity index (χ1v) is 16.9. The minimum Gasteiger partial charge on any atom is -0.465 e. The molecule has 0 saturated carbocycles. The summed E-state index contributed by atoms with van der Waals surface area (Å²) in [5.41, 5.74) is 3.32. The Morgan fingerprint density at radius 1 is 0.660 bits per heavy atom. The van der Waals surface area contributed by atoms with Crippen LogP contribution < -0.4 is 0 Å². The average molecular weight is 669 g/mol. The van der Waals surface area contributed by atoms with E-state index in [0.29, 0.717) is 48.5 Å². The Kier molecular flexibility index (Phi) is 7.37. The lowest BCUT2D eigenvalue weighted by atomic mass is 9.74. The quantitative estimate of drug-likeness (QED) is 0.310. The molecule has 0 spiro atoms. The number of hydrogen-bond acceptors (Lipinski definition) is 4. The second-order valence-corrected chi connectivity index (χ2v) is 13.7. The van der Waals surface area contributed by atoms with Crippen LogP contribution in [0.1, 0.15) is 24.0 Å². The van der Waals surface area contributed by atoms with Crippen molar-refractivity contribution < 1.29 is 38.4 Å². The Morgan fingerprint density at radius 3 is 1.56 bits per heavy atom. The number of quaternary nitrogens is 2. The highest BCUT2D eigenvalue weighted by molar-refractivity contribution is 5.83. The molecule has 10 nitrogen and oxygen atoms in total. The molecule has 8 rings (SSSR count). The maximum absolute atomic E-state index is 15.5. The fourth-order valence-electron chi connectivity index (χ4n) is 8.74.